The van der Waals surface area contributed by atoms with Gasteiger partial charge in [-0.05, 0) is 55.5 Å². The third-order valence-electron chi connectivity index (χ3n) is 4.54. The normalized spacial score (nSPS) is 16.3. The van der Waals surface area contributed by atoms with Gasteiger partial charge in [0.05, 0.1) is 13.2 Å². The molecule has 1 fully saturated rings. The number of carbonyl (C=O) groups excluding carboxylic acids is 2. The standard InChI is InChI=1S/C20H22ClN3O3/c1-3-23(16-8-10-18(27-2)11-9-16)20(26)22-15-12-19(25)24(13-15)17-6-4-14(21)5-7-17/h4-11,15H,3,12-13H2,1-2H3,(H,22,26)/t15-/m0/s1. The van der Waals surface area contributed by atoms with E-state index in [0.29, 0.717) is 18.1 Å². The van der Waals surface area contributed by atoms with E-state index in [-0.39, 0.29) is 24.4 Å². The molecule has 0 aliphatic carbocycles. The number of hydrogen-bond acceptors (Lipinski definition) is 3. The van der Waals surface area contributed by atoms with E-state index < -0.39 is 0 Å². The Morgan fingerprint density at radius 2 is 1.89 bits per heavy atom. The summed E-state index contributed by atoms with van der Waals surface area (Å²) >= 11 is 5.91. The van der Waals surface area contributed by atoms with Crippen LogP contribution in [0, 0.1) is 0 Å². The van der Waals surface area contributed by atoms with Gasteiger partial charge in [0.1, 0.15) is 5.75 Å². The number of amides is 3. The van der Waals surface area contributed by atoms with Gasteiger partial charge in [0.15, 0.2) is 0 Å². The van der Waals surface area contributed by atoms with E-state index >= 15 is 0 Å². The summed E-state index contributed by atoms with van der Waals surface area (Å²) in [4.78, 5) is 28.4. The van der Waals surface area contributed by atoms with Crippen LogP contribution in [-0.2, 0) is 4.79 Å². The summed E-state index contributed by atoms with van der Waals surface area (Å²) in [5.41, 5.74) is 1.55. The summed E-state index contributed by atoms with van der Waals surface area (Å²) in [6.45, 7) is 2.86. The monoisotopic (exact) mass is 387 g/mol. The summed E-state index contributed by atoms with van der Waals surface area (Å²) in [6.07, 6.45) is 0.272. The summed E-state index contributed by atoms with van der Waals surface area (Å²) in [5.74, 6) is 0.713. The number of nitrogens with zero attached hydrogens (tertiary/aromatic N) is 2. The zero-order valence-electron chi connectivity index (χ0n) is 15.3. The van der Waals surface area contributed by atoms with Crippen molar-refractivity contribution in [2.75, 3.05) is 30.0 Å². The Kier molecular flexibility index (Phi) is 5.86. The van der Waals surface area contributed by atoms with Gasteiger partial charge in [0, 0.05) is 35.9 Å². The second-order valence-electron chi connectivity index (χ2n) is 6.27. The van der Waals surface area contributed by atoms with Gasteiger partial charge in [0.2, 0.25) is 5.91 Å². The predicted molar refractivity (Wildman–Crippen MR) is 107 cm³/mol. The number of benzene rings is 2. The van der Waals surface area contributed by atoms with Crippen LogP contribution in [0.5, 0.6) is 5.75 Å². The molecule has 1 heterocycles. The molecule has 0 spiro atoms. The van der Waals surface area contributed by atoms with Crippen LogP contribution in [0.1, 0.15) is 13.3 Å². The van der Waals surface area contributed by atoms with E-state index in [9.17, 15) is 9.59 Å². The Labute approximate surface area is 163 Å². The first-order valence-corrected chi connectivity index (χ1v) is 9.17. The minimum atomic E-state index is -0.243. The van der Waals surface area contributed by atoms with Gasteiger partial charge in [-0.25, -0.2) is 4.79 Å². The van der Waals surface area contributed by atoms with Crippen molar-refractivity contribution in [1.82, 2.24) is 5.32 Å². The van der Waals surface area contributed by atoms with Crippen LogP contribution in [0.15, 0.2) is 48.5 Å². The van der Waals surface area contributed by atoms with Crippen molar-refractivity contribution in [3.8, 4) is 5.75 Å². The number of halogens is 1. The average Bonchev–Trinajstić information content (AvgIpc) is 3.03. The molecule has 3 amide bonds. The Hall–Kier alpha value is -2.73. The molecule has 2 aromatic rings. The molecule has 0 aromatic heterocycles. The number of anilines is 2. The Balaban J connectivity index is 1.66. The van der Waals surface area contributed by atoms with E-state index in [0.717, 1.165) is 17.1 Å². The SMILES string of the molecule is CCN(C(=O)N[C@H]1CC(=O)N(c2ccc(Cl)cc2)C1)c1ccc(OC)cc1. The van der Waals surface area contributed by atoms with E-state index in [4.69, 9.17) is 16.3 Å². The van der Waals surface area contributed by atoms with Crippen molar-refractivity contribution in [2.45, 2.75) is 19.4 Å². The van der Waals surface area contributed by atoms with Crippen molar-refractivity contribution in [3.05, 3.63) is 53.6 Å². The molecule has 0 radical (unpaired) electrons. The third-order valence-corrected chi connectivity index (χ3v) is 4.79. The molecular formula is C20H22ClN3O3. The Morgan fingerprint density at radius 3 is 2.48 bits per heavy atom. The van der Waals surface area contributed by atoms with E-state index in [2.05, 4.69) is 5.32 Å². The van der Waals surface area contributed by atoms with Crippen LogP contribution >= 0.6 is 11.6 Å². The maximum absolute atomic E-state index is 12.7. The molecule has 2 aromatic carbocycles. The second kappa shape index (κ2) is 8.31. The Morgan fingerprint density at radius 1 is 1.22 bits per heavy atom. The molecule has 1 aliphatic rings. The average molecular weight is 388 g/mol. The molecule has 7 heteroatoms. The lowest BCUT2D eigenvalue weighted by Crippen LogP contribution is -2.46. The molecular weight excluding hydrogens is 366 g/mol. The highest BCUT2D eigenvalue weighted by Gasteiger charge is 2.32. The molecule has 1 atom stereocenters. The van der Waals surface area contributed by atoms with Gasteiger partial charge in [-0.15, -0.1) is 0 Å². The highest BCUT2D eigenvalue weighted by Crippen LogP contribution is 2.24. The van der Waals surface area contributed by atoms with Gasteiger partial charge in [0.25, 0.3) is 0 Å². The molecule has 0 saturated carbocycles. The molecule has 0 unspecified atom stereocenters. The molecule has 142 valence electrons. The first-order chi connectivity index (χ1) is 13.0. The van der Waals surface area contributed by atoms with Crippen LogP contribution in [0.2, 0.25) is 5.02 Å². The smallest absolute Gasteiger partial charge is 0.322 e. The molecule has 6 nitrogen and oxygen atoms in total. The Bertz CT molecular complexity index is 808. The van der Waals surface area contributed by atoms with Gasteiger partial charge in [-0.3, -0.25) is 9.69 Å². The lowest BCUT2D eigenvalue weighted by molar-refractivity contribution is -0.117. The fourth-order valence-electron chi connectivity index (χ4n) is 3.13. The molecule has 1 aliphatic heterocycles. The number of urea groups is 1. The number of hydrogen-bond donors (Lipinski definition) is 1. The fourth-order valence-corrected chi connectivity index (χ4v) is 3.26. The second-order valence-corrected chi connectivity index (χ2v) is 6.71. The van der Waals surface area contributed by atoms with E-state index in [1.54, 1.807) is 41.2 Å². The summed E-state index contributed by atoms with van der Waals surface area (Å²) in [7, 11) is 1.60. The summed E-state index contributed by atoms with van der Waals surface area (Å²) in [6, 6.07) is 13.9. The largest absolute Gasteiger partial charge is 0.497 e. The minimum absolute atomic E-state index is 0.0184. The number of nitrogens with one attached hydrogen (secondary N) is 1. The van der Waals surface area contributed by atoms with Gasteiger partial charge < -0.3 is 15.0 Å². The van der Waals surface area contributed by atoms with E-state index in [1.807, 2.05) is 31.2 Å². The number of rotatable bonds is 5. The van der Waals surface area contributed by atoms with Crippen molar-refractivity contribution >= 4 is 34.9 Å². The number of methoxy groups -OCH3 is 1. The lowest BCUT2D eigenvalue weighted by atomic mass is 10.2. The molecule has 1 saturated heterocycles. The predicted octanol–water partition coefficient (Wildman–Crippen LogP) is 3.69. The zero-order valence-corrected chi connectivity index (χ0v) is 16.1. The maximum atomic E-state index is 12.7. The minimum Gasteiger partial charge on any atom is -0.497 e. The molecule has 3 rings (SSSR count). The first-order valence-electron chi connectivity index (χ1n) is 8.80. The van der Waals surface area contributed by atoms with Crippen molar-refractivity contribution in [2.24, 2.45) is 0 Å². The molecule has 0 bridgehead atoms. The van der Waals surface area contributed by atoms with Gasteiger partial charge in [-0.2, -0.15) is 0 Å². The van der Waals surface area contributed by atoms with Crippen LogP contribution < -0.4 is 19.9 Å². The molecule has 1 N–H and O–H groups in total. The van der Waals surface area contributed by atoms with E-state index in [1.165, 1.54) is 0 Å². The summed E-state index contributed by atoms with van der Waals surface area (Å²) < 4.78 is 5.15. The number of carbonyl (C=O) groups is 2. The van der Waals surface area contributed by atoms with Gasteiger partial charge in [-0.1, -0.05) is 11.6 Å². The van der Waals surface area contributed by atoms with Crippen molar-refractivity contribution < 1.29 is 14.3 Å². The van der Waals surface area contributed by atoms with Crippen LogP contribution in [0.4, 0.5) is 16.2 Å². The maximum Gasteiger partial charge on any atom is 0.322 e. The van der Waals surface area contributed by atoms with Crippen LogP contribution in [0.3, 0.4) is 0 Å². The third kappa shape index (κ3) is 4.34. The van der Waals surface area contributed by atoms with Crippen molar-refractivity contribution in [3.63, 3.8) is 0 Å². The number of ether oxygens (including phenoxy) is 1. The molecule has 27 heavy (non-hydrogen) atoms. The summed E-state index contributed by atoms with van der Waals surface area (Å²) in [5, 5.41) is 3.58. The highest BCUT2D eigenvalue weighted by molar-refractivity contribution is 6.30. The lowest BCUT2D eigenvalue weighted by Gasteiger charge is -2.24. The topological polar surface area (TPSA) is 61.9 Å². The zero-order chi connectivity index (χ0) is 19.4. The van der Waals surface area contributed by atoms with Crippen LogP contribution in [0.25, 0.3) is 0 Å². The fraction of sp³-hybridized carbons (Fsp3) is 0.300. The van der Waals surface area contributed by atoms with Gasteiger partial charge >= 0.3 is 6.03 Å². The first kappa shape index (κ1) is 19.0. The van der Waals surface area contributed by atoms with Crippen LogP contribution in [-0.4, -0.2) is 38.2 Å². The quantitative estimate of drug-likeness (QED) is 0.851. The highest BCUT2D eigenvalue weighted by atomic mass is 35.5. The van der Waals surface area contributed by atoms with Crippen molar-refractivity contribution in [1.29, 1.82) is 0 Å².